The summed E-state index contributed by atoms with van der Waals surface area (Å²) in [6.07, 6.45) is 3.83. The van der Waals surface area contributed by atoms with Crippen molar-refractivity contribution >= 4 is 17.4 Å². The third kappa shape index (κ3) is 5.55. The highest BCUT2D eigenvalue weighted by Crippen LogP contribution is 2.40. The van der Waals surface area contributed by atoms with Crippen LogP contribution in [0.3, 0.4) is 0 Å². The molecule has 1 N–H and O–H groups in total. The van der Waals surface area contributed by atoms with Crippen LogP contribution in [0, 0.1) is 0 Å². The van der Waals surface area contributed by atoms with Gasteiger partial charge in [0.15, 0.2) is 0 Å². The van der Waals surface area contributed by atoms with Crippen molar-refractivity contribution in [3.8, 4) is 11.5 Å². The monoisotopic (exact) mass is 463 g/mol. The Morgan fingerprint density at radius 1 is 0.971 bits per heavy atom. The maximum Gasteiger partial charge on any atom is 0.295 e. The minimum atomic E-state index is -0.734. The minimum Gasteiger partial charge on any atom is -0.507 e. The number of ether oxygens (including phenoxy) is 3. The van der Waals surface area contributed by atoms with E-state index in [0.29, 0.717) is 55.4 Å². The second kappa shape index (κ2) is 11.9. The fraction of sp³-hybridized carbons (Fsp3) is 0.259. The van der Waals surface area contributed by atoms with Gasteiger partial charge in [0.1, 0.15) is 30.5 Å². The average molecular weight is 464 g/mol. The number of hydrogen-bond donors (Lipinski definition) is 1. The summed E-state index contributed by atoms with van der Waals surface area (Å²) in [6, 6.07) is 13.0. The van der Waals surface area contributed by atoms with Crippen LogP contribution >= 0.6 is 0 Å². The zero-order chi connectivity index (χ0) is 24.5. The van der Waals surface area contributed by atoms with E-state index < -0.39 is 17.7 Å². The molecule has 1 aliphatic rings. The topological polar surface area (TPSA) is 85.3 Å². The highest BCUT2D eigenvalue weighted by atomic mass is 16.5. The predicted octanol–water partition coefficient (Wildman–Crippen LogP) is 4.27. The Morgan fingerprint density at radius 2 is 1.53 bits per heavy atom. The predicted molar refractivity (Wildman–Crippen MR) is 130 cm³/mol. The molecule has 0 aromatic heterocycles. The van der Waals surface area contributed by atoms with Crippen molar-refractivity contribution in [2.24, 2.45) is 0 Å². The first-order valence-electron chi connectivity index (χ1n) is 11.0. The number of Topliss-reactive ketones (excluding diaryl/α,β-unsaturated/α-hetero) is 1. The Bertz CT molecular complexity index is 1060. The van der Waals surface area contributed by atoms with Crippen molar-refractivity contribution in [2.45, 2.75) is 12.5 Å². The van der Waals surface area contributed by atoms with Gasteiger partial charge in [0.25, 0.3) is 11.7 Å². The van der Waals surface area contributed by atoms with Crippen LogP contribution in [0.4, 0.5) is 0 Å². The second-order valence-electron chi connectivity index (χ2n) is 7.63. The van der Waals surface area contributed by atoms with Crippen LogP contribution in [-0.4, -0.2) is 55.2 Å². The SMILES string of the molecule is C=CCOc1ccc(/C(O)=C2\C(=O)C(=O)N(CCCOC)C2c2ccc(OCC=C)cc2)cc1. The number of nitrogens with zero attached hydrogens (tertiary/aromatic N) is 1. The number of carbonyl (C=O) groups is 2. The first-order chi connectivity index (χ1) is 16.5. The number of rotatable bonds is 12. The number of hydrogen-bond acceptors (Lipinski definition) is 6. The van der Waals surface area contributed by atoms with Gasteiger partial charge in [0, 0.05) is 25.8 Å². The second-order valence-corrected chi connectivity index (χ2v) is 7.63. The molecule has 0 aliphatic carbocycles. The lowest BCUT2D eigenvalue weighted by molar-refractivity contribution is -0.140. The van der Waals surface area contributed by atoms with Crippen LogP contribution in [0.25, 0.3) is 5.76 Å². The summed E-state index contributed by atoms with van der Waals surface area (Å²) in [5, 5.41) is 11.1. The van der Waals surface area contributed by atoms with Crippen LogP contribution in [-0.2, 0) is 14.3 Å². The number of amides is 1. The van der Waals surface area contributed by atoms with Crippen molar-refractivity contribution < 1.29 is 28.9 Å². The molecule has 1 amide bonds. The van der Waals surface area contributed by atoms with E-state index in [9.17, 15) is 14.7 Å². The van der Waals surface area contributed by atoms with Crippen LogP contribution in [0.5, 0.6) is 11.5 Å². The zero-order valence-corrected chi connectivity index (χ0v) is 19.2. The molecule has 1 unspecified atom stereocenters. The molecule has 34 heavy (non-hydrogen) atoms. The molecule has 3 rings (SSSR count). The lowest BCUT2D eigenvalue weighted by Gasteiger charge is -2.25. The van der Waals surface area contributed by atoms with Gasteiger partial charge in [-0.15, -0.1) is 0 Å². The molecule has 0 saturated carbocycles. The normalized spacial score (nSPS) is 17.0. The maximum atomic E-state index is 13.1. The molecule has 1 heterocycles. The Morgan fingerprint density at radius 3 is 2.06 bits per heavy atom. The van der Waals surface area contributed by atoms with Crippen molar-refractivity contribution in [2.75, 3.05) is 33.5 Å². The molecular formula is C27H29NO6. The molecular weight excluding hydrogens is 434 g/mol. The molecule has 2 aromatic carbocycles. The Kier molecular flexibility index (Phi) is 8.65. The molecule has 1 atom stereocenters. The largest absolute Gasteiger partial charge is 0.507 e. The van der Waals surface area contributed by atoms with Gasteiger partial charge in [0.2, 0.25) is 0 Å². The summed E-state index contributed by atoms with van der Waals surface area (Å²) in [5.41, 5.74) is 1.15. The highest BCUT2D eigenvalue weighted by molar-refractivity contribution is 6.46. The smallest absolute Gasteiger partial charge is 0.295 e. The number of benzene rings is 2. The van der Waals surface area contributed by atoms with E-state index in [1.165, 1.54) is 4.90 Å². The van der Waals surface area contributed by atoms with Gasteiger partial charge in [-0.05, 0) is 48.4 Å². The quantitative estimate of drug-likeness (QED) is 0.166. The number of methoxy groups -OCH3 is 1. The summed E-state index contributed by atoms with van der Waals surface area (Å²) < 4.78 is 16.1. The average Bonchev–Trinajstić information content (AvgIpc) is 3.11. The van der Waals surface area contributed by atoms with E-state index in [-0.39, 0.29) is 11.3 Å². The van der Waals surface area contributed by atoms with E-state index in [2.05, 4.69) is 13.2 Å². The van der Waals surface area contributed by atoms with Gasteiger partial charge in [-0.3, -0.25) is 9.59 Å². The molecule has 7 nitrogen and oxygen atoms in total. The molecule has 1 fully saturated rings. The van der Waals surface area contributed by atoms with Gasteiger partial charge < -0.3 is 24.2 Å². The van der Waals surface area contributed by atoms with Gasteiger partial charge in [-0.25, -0.2) is 0 Å². The number of ketones is 1. The molecule has 0 bridgehead atoms. The highest BCUT2D eigenvalue weighted by Gasteiger charge is 2.45. The van der Waals surface area contributed by atoms with E-state index in [0.717, 1.165) is 0 Å². The summed E-state index contributed by atoms with van der Waals surface area (Å²) in [7, 11) is 1.58. The minimum absolute atomic E-state index is 0.0435. The number of likely N-dealkylation sites (tertiary alicyclic amines) is 1. The third-order valence-electron chi connectivity index (χ3n) is 5.35. The Balaban J connectivity index is 2.01. The van der Waals surface area contributed by atoms with E-state index in [4.69, 9.17) is 14.2 Å². The standard InChI is InChI=1S/C27H29NO6/c1-4-16-33-21-11-7-19(8-12-21)24-23(26(30)27(31)28(24)15-6-18-32-3)25(29)20-9-13-22(14-10-20)34-17-5-2/h4-5,7-14,24,29H,1-2,6,15-18H2,3H3/b25-23+. The Hall–Kier alpha value is -3.84. The lowest BCUT2D eigenvalue weighted by Crippen LogP contribution is -2.31. The first-order valence-corrected chi connectivity index (χ1v) is 11.0. The number of carbonyl (C=O) groups excluding carboxylic acids is 2. The zero-order valence-electron chi connectivity index (χ0n) is 19.2. The van der Waals surface area contributed by atoms with Crippen LogP contribution in [0.2, 0.25) is 0 Å². The van der Waals surface area contributed by atoms with Crippen LogP contribution < -0.4 is 9.47 Å². The summed E-state index contributed by atoms with van der Waals surface area (Å²) in [5.74, 6) is -0.377. The van der Waals surface area contributed by atoms with Crippen molar-refractivity contribution in [3.63, 3.8) is 0 Å². The molecule has 1 saturated heterocycles. The summed E-state index contributed by atoms with van der Waals surface area (Å²) in [6.45, 7) is 8.71. The van der Waals surface area contributed by atoms with Gasteiger partial charge >= 0.3 is 0 Å². The Labute approximate surface area is 199 Å². The number of aliphatic hydroxyl groups excluding tert-OH is 1. The molecule has 2 aromatic rings. The van der Waals surface area contributed by atoms with Gasteiger partial charge in [-0.2, -0.15) is 0 Å². The maximum absolute atomic E-state index is 13.1. The fourth-order valence-electron chi connectivity index (χ4n) is 3.76. The number of aliphatic hydroxyl groups is 1. The third-order valence-corrected chi connectivity index (χ3v) is 5.35. The van der Waals surface area contributed by atoms with Crippen LogP contribution in [0.15, 0.2) is 79.4 Å². The van der Waals surface area contributed by atoms with Gasteiger partial charge in [-0.1, -0.05) is 37.4 Å². The summed E-state index contributed by atoms with van der Waals surface area (Å²) >= 11 is 0. The van der Waals surface area contributed by atoms with Gasteiger partial charge in [0.05, 0.1) is 11.6 Å². The fourth-order valence-corrected chi connectivity index (χ4v) is 3.76. The lowest BCUT2D eigenvalue weighted by atomic mass is 9.95. The summed E-state index contributed by atoms with van der Waals surface area (Å²) in [4.78, 5) is 27.5. The van der Waals surface area contributed by atoms with Crippen LogP contribution in [0.1, 0.15) is 23.6 Å². The van der Waals surface area contributed by atoms with Crippen molar-refractivity contribution in [1.82, 2.24) is 4.90 Å². The first kappa shape index (κ1) is 24.8. The molecule has 0 spiro atoms. The van der Waals surface area contributed by atoms with Crippen molar-refractivity contribution in [1.29, 1.82) is 0 Å². The van der Waals surface area contributed by atoms with E-state index in [1.807, 2.05) is 0 Å². The molecule has 178 valence electrons. The van der Waals surface area contributed by atoms with E-state index in [1.54, 1.807) is 67.8 Å². The molecule has 0 radical (unpaired) electrons. The van der Waals surface area contributed by atoms with E-state index >= 15 is 0 Å². The molecule has 1 aliphatic heterocycles. The molecule has 7 heteroatoms. The van der Waals surface area contributed by atoms with Crippen molar-refractivity contribution in [3.05, 3.63) is 90.5 Å².